The molecular formula is C10H14ClNO2. The Labute approximate surface area is 88.4 Å². The molecule has 0 radical (unpaired) electrons. The second kappa shape index (κ2) is 4.17. The molecule has 0 fully saturated rings. The van der Waals surface area contributed by atoms with Gasteiger partial charge in [0.05, 0.1) is 7.11 Å². The average Bonchev–Trinajstić information content (AvgIpc) is 2.18. The zero-order valence-corrected chi connectivity index (χ0v) is 9.01. The highest BCUT2D eigenvalue weighted by atomic mass is 35.5. The van der Waals surface area contributed by atoms with Crippen LogP contribution in [0.1, 0.15) is 12.5 Å². The fraction of sp³-hybridized carbons (Fsp3) is 0.400. The van der Waals surface area contributed by atoms with Gasteiger partial charge in [0.1, 0.15) is 11.4 Å². The maximum absolute atomic E-state index is 9.97. The van der Waals surface area contributed by atoms with Crippen molar-refractivity contribution in [2.45, 2.75) is 12.5 Å². The summed E-state index contributed by atoms with van der Waals surface area (Å²) < 4.78 is 5.11. The molecule has 3 nitrogen and oxygen atoms in total. The van der Waals surface area contributed by atoms with E-state index in [2.05, 4.69) is 0 Å². The molecule has 0 unspecified atom stereocenters. The molecule has 0 saturated carbocycles. The first-order valence-corrected chi connectivity index (χ1v) is 4.65. The van der Waals surface area contributed by atoms with Crippen LogP contribution >= 0.6 is 11.6 Å². The lowest BCUT2D eigenvalue weighted by atomic mass is 9.95. The van der Waals surface area contributed by atoms with Crippen molar-refractivity contribution in [1.29, 1.82) is 0 Å². The maximum Gasteiger partial charge on any atom is 0.125 e. The lowest BCUT2D eigenvalue weighted by Crippen LogP contribution is -2.31. The van der Waals surface area contributed by atoms with Gasteiger partial charge in [0.25, 0.3) is 0 Å². The number of hydrogen-bond donors (Lipinski definition) is 2. The predicted octanol–water partition coefficient (Wildman–Crippen LogP) is 1.51. The van der Waals surface area contributed by atoms with Crippen LogP contribution in [0.15, 0.2) is 18.2 Å². The van der Waals surface area contributed by atoms with E-state index >= 15 is 0 Å². The van der Waals surface area contributed by atoms with Crippen molar-refractivity contribution >= 4 is 11.6 Å². The van der Waals surface area contributed by atoms with Crippen molar-refractivity contribution in [3.63, 3.8) is 0 Å². The molecule has 3 N–H and O–H groups in total. The van der Waals surface area contributed by atoms with E-state index in [-0.39, 0.29) is 6.54 Å². The molecule has 0 aliphatic rings. The Morgan fingerprint density at radius 3 is 2.71 bits per heavy atom. The summed E-state index contributed by atoms with van der Waals surface area (Å²) in [6.45, 7) is 1.74. The summed E-state index contributed by atoms with van der Waals surface area (Å²) in [4.78, 5) is 0. The maximum atomic E-state index is 9.97. The van der Waals surface area contributed by atoms with Crippen LogP contribution in [0.5, 0.6) is 5.75 Å². The Hall–Kier alpha value is -0.770. The standard InChI is InChI=1S/C10H14ClNO2/c1-10(13,6-12)8-5-7(11)3-4-9(8)14-2/h3-5,13H,6,12H2,1-2H3/t10-/m1/s1. The first kappa shape index (κ1) is 11.3. The van der Waals surface area contributed by atoms with Gasteiger partial charge in [0, 0.05) is 17.1 Å². The third kappa shape index (κ3) is 2.18. The van der Waals surface area contributed by atoms with Gasteiger partial charge < -0.3 is 15.6 Å². The third-order valence-corrected chi connectivity index (χ3v) is 2.37. The second-order valence-electron chi connectivity index (χ2n) is 3.32. The highest BCUT2D eigenvalue weighted by Gasteiger charge is 2.25. The summed E-state index contributed by atoms with van der Waals surface area (Å²) in [5.74, 6) is 0.588. The number of nitrogens with two attached hydrogens (primary N) is 1. The zero-order chi connectivity index (χ0) is 10.8. The minimum Gasteiger partial charge on any atom is -0.496 e. The van der Waals surface area contributed by atoms with Crippen molar-refractivity contribution in [3.8, 4) is 5.75 Å². The van der Waals surface area contributed by atoms with Gasteiger partial charge in [-0.25, -0.2) is 0 Å². The molecule has 1 atom stereocenters. The largest absolute Gasteiger partial charge is 0.496 e. The molecule has 0 bridgehead atoms. The zero-order valence-electron chi connectivity index (χ0n) is 8.25. The number of hydrogen-bond acceptors (Lipinski definition) is 3. The van der Waals surface area contributed by atoms with E-state index in [0.29, 0.717) is 16.3 Å². The Morgan fingerprint density at radius 1 is 1.57 bits per heavy atom. The summed E-state index contributed by atoms with van der Waals surface area (Å²) in [5, 5.41) is 10.5. The first-order chi connectivity index (χ1) is 6.51. The van der Waals surface area contributed by atoms with Crippen LogP contribution < -0.4 is 10.5 Å². The number of benzene rings is 1. The summed E-state index contributed by atoms with van der Waals surface area (Å²) in [7, 11) is 1.54. The molecule has 0 heterocycles. The normalized spacial score (nSPS) is 14.9. The number of methoxy groups -OCH3 is 1. The SMILES string of the molecule is COc1ccc(Cl)cc1[C@](C)(O)CN. The fourth-order valence-electron chi connectivity index (χ4n) is 1.21. The van der Waals surface area contributed by atoms with Crippen molar-refractivity contribution in [1.82, 2.24) is 0 Å². The minimum atomic E-state index is -1.11. The van der Waals surface area contributed by atoms with E-state index < -0.39 is 5.60 Å². The van der Waals surface area contributed by atoms with Crippen LogP contribution in [-0.4, -0.2) is 18.8 Å². The number of ether oxygens (including phenoxy) is 1. The predicted molar refractivity (Wildman–Crippen MR) is 56.6 cm³/mol. The Kier molecular flexibility index (Phi) is 3.37. The van der Waals surface area contributed by atoms with Crippen LogP contribution in [0.2, 0.25) is 5.02 Å². The molecule has 0 amide bonds. The first-order valence-electron chi connectivity index (χ1n) is 4.27. The summed E-state index contributed by atoms with van der Waals surface area (Å²) in [5.41, 5.74) is 4.95. The van der Waals surface area contributed by atoms with Gasteiger partial charge in [-0.15, -0.1) is 0 Å². The summed E-state index contributed by atoms with van der Waals surface area (Å²) in [6, 6.07) is 5.07. The Morgan fingerprint density at radius 2 is 2.21 bits per heavy atom. The van der Waals surface area contributed by atoms with E-state index in [9.17, 15) is 5.11 Å². The van der Waals surface area contributed by atoms with Gasteiger partial charge in [0.15, 0.2) is 0 Å². The lowest BCUT2D eigenvalue weighted by molar-refractivity contribution is 0.0641. The van der Waals surface area contributed by atoms with Gasteiger partial charge in [0.2, 0.25) is 0 Å². The molecule has 1 rings (SSSR count). The summed E-state index contributed by atoms with van der Waals surface area (Å²) >= 11 is 5.83. The van der Waals surface area contributed by atoms with E-state index in [1.165, 1.54) is 0 Å². The van der Waals surface area contributed by atoms with E-state index in [1.54, 1.807) is 32.2 Å². The summed E-state index contributed by atoms with van der Waals surface area (Å²) in [6.07, 6.45) is 0. The van der Waals surface area contributed by atoms with Crippen molar-refractivity contribution in [2.24, 2.45) is 5.73 Å². The molecule has 0 aliphatic heterocycles. The van der Waals surface area contributed by atoms with Gasteiger partial charge in [-0.05, 0) is 25.1 Å². The van der Waals surface area contributed by atoms with Gasteiger partial charge in [-0.3, -0.25) is 0 Å². The molecule has 14 heavy (non-hydrogen) atoms. The van der Waals surface area contributed by atoms with E-state index in [0.717, 1.165) is 0 Å². The molecule has 1 aromatic rings. The fourth-order valence-corrected chi connectivity index (χ4v) is 1.38. The highest BCUT2D eigenvalue weighted by molar-refractivity contribution is 6.30. The van der Waals surface area contributed by atoms with Crippen LogP contribution in [-0.2, 0) is 5.60 Å². The number of halogens is 1. The molecule has 0 spiro atoms. The Bertz CT molecular complexity index is 326. The average molecular weight is 216 g/mol. The van der Waals surface area contributed by atoms with Gasteiger partial charge in [-0.1, -0.05) is 11.6 Å². The van der Waals surface area contributed by atoms with Gasteiger partial charge in [-0.2, -0.15) is 0 Å². The van der Waals surface area contributed by atoms with Crippen molar-refractivity contribution in [3.05, 3.63) is 28.8 Å². The van der Waals surface area contributed by atoms with Crippen LogP contribution in [0.3, 0.4) is 0 Å². The monoisotopic (exact) mass is 215 g/mol. The van der Waals surface area contributed by atoms with Crippen LogP contribution in [0.25, 0.3) is 0 Å². The van der Waals surface area contributed by atoms with Gasteiger partial charge >= 0.3 is 0 Å². The highest BCUT2D eigenvalue weighted by Crippen LogP contribution is 2.31. The molecular weight excluding hydrogens is 202 g/mol. The lowest BCUT2D eigenvalue weighted by Gasteiger charge is -2.24. The molecule has 0 aromatic heterocycles. The topological polar surface area (TPSA) is 55.5 Å². The third-order valence-electron chi connectivity index (χ3n) is 2.14. The molecule has 1 aromatic carbocycles. The van der Waals surface area contributed by atoms with Crippen molar-refractivity contribution < 1.29 is 9.84 Å². The molecule has 0 saturated heterocycles. The molecule has 0 aliphatic carbocycles. The Balaban J connectivity index is 3.23. The van der Waals surface area contributed by atoms with E-state index in [4.69, 9.17) is 22.1 Å². The molecule has 78 valence electrons. The number of aliphatic hydroxyl groups is 1. The minimum absolute atomic E-state index is 0.115. The quantitative estimate of drug-likeness (QED) is 0.804. The smallest absolute Gasteiger partial charge is 0.125 e. The van der Waals surface area contributed by atoms with Crippen LogP contribution in [0.4, 0.5) is 0 Å². The van der Waals surface area contributed by atoms with Crippen LogP contribution in [0, 0.1) is 0 Å². The second-order valence-corrected chi connectivity index (χ2v) is 3.76. The molecule has 4 heteroatoms. The van der Waals surface area contributed by atoms with Crippen molar-refractivity contribution in [2.75, 3.05) is 13.7 Å². The van der Waals surface area contributed by atoms with E-state index in [1.807, 2.05) is 0 Å². The number of rotatable bonds is 3.